The summed E-state index contributed by atoms with van der Waals surface area (Å²) in [5, 5.41) is 11.9. The molecule has 4 nitrogen and oxygen atoms in total. The van der Waals surface area contributed by atoms with Crippen LogP contribution in [0.5, 0.6) is 0 Å². The molecule has 0 heterocycles. The Labute approximate surface area is 73.1 Å². The average molecular weight is 174 g/mol. The molecule has 4 heteroatoms. The van der Waals surface area contributed by atoms with Crippen molar-refractivity contribution in [3.8, 4) is 0 Å². The summed E-state index contributed by atoms with van der Waals surface area (Å²) < 4.78 is 0. The van der Waals surface area contributed by atoms with E-state index in [1.807, 2.05) is 13.8 Å². The molecule has 0 aromatic rings. The fourth-order valence-electron chi connectivity index (χ4n) is 0.859. The fraction of sp³-hybridized carbons (Fsp3) is 0.875. The molecule has 0 saturated carbocycles. The van der Waals surface area contributed by atoms with Gasteiger partial charge in [-0.25, -0.2) is 0 Å². The van der Waals surface area contributed by atoms with E-state index in [1.54, 1.807) is 6.92 Å². The first kappa shape index (κ1) is 11.4. The van der Waals surface area contributed by atoms with E-state index in [9.17, 15) is 4.79 Å². The lowest BCUT2D eigenvalue weighted by molar-refractivity contribution is -0.119. The summed E-state index contributed by atoms with van der Waals surface area (Å²) in [4.78, 5) is 10.7. The van der Waals surface area contributed by atoms with E-state index >= 15 is 0 Å². The summed E-state index contributed by atoms with van der Waals surface area (Å²) in [6, 6.07) is -0.447. The molecule has 2 atom stereocenters. The molecule has 0 spiro atoms. The Hall–Kier alpha value is -0.610. The van der Waals surface area contributed by atoms with Gasteiger partial charge in [-0.05, 0) is 12.8 Å². The highest BCUT2D eigenvalue weighted by Gasteiger charge is 2.17. The van der Waals surface area contributed by atoms with Gasteiger partial charge in [-0.2, -0.15) is 0 Å². The normalized spacial score (nSPS) is 16.1. The van der Waals surface area contributed by atoms with Gasteiger partial charge in [-0.3, -0.25) is 4.79 Å². The number of aliphatic hydroxyl groups excluding tert-OH is 1. The Bertz CT molecular complexity index is 148. The molecule has 0 aliphatic carbocycles. The maximum atomic E-state index is 10.7. The van der Waals surface area contributed by atoms with Crippen molar-refractivity contribution < 1.29 is 9.90 Å². The summed E-state index contributed by atoms with van der Waals surface area (Å²) >= 11 is 0. The van der Waals surface area contributed by atoms with Crippen LogP contribution in [0.25, 0.3) is 0 Å². The highest BCUT2D eigenvalue weighted by Crippen LogP contribution is 2.01. The summed E-state index contributed by atoms with van der Waals surface area (Å²) in [7, 11) is 0. The van der Waals surface area contributed by atoms with Gasteiger partial charge < -0.3 is 16.2 Å². The number of amides is 1. The second-order valence-electron chi connectivity index (χ2n) is 3.32. The topological polar surface area (TPSA) is 75.3 Å². The van der Waals surface area contributed by atoms with Gasteiger partial charge in [0.2, 0.25) is 5.91 Å². The molecule has 0 bridgehead atoms. The molecule has 0 rings (SSSR count). The van der Waals surface area contributed by atoms with Crippen LogP contribution in [-0.2, 0) is 4.79 Å². The highest BCUT2D eigenvalue weighted by atomic mass is 16.3. The molecule has 72 valence electrons. The molecule has 0 fully saturated rings. The third-order valence-corrected chi connectivity index (χ3v) is 1.89. The van der Waals surface area contributed by atoms with Crippen LogP contribution in [0.1, 0.15) is 20.8 Å². The summed E-state index contributed by atoms with van der Waals surface area (Å²) in [5.74, 6) is -0.106. The van der Waals surface area contributed by atoms with Gasteiger partial charge in [-0.15, -0.1) is 0 Å². The summed E-state index contributed by atoms with van der Waals surface area (Å²) in [6.07, 6.45) is 0. The fourth-order valence-corrected chi connectivity index (χ4v) is 0.859. The first-order valence-electron chi connectivity index (χ1n) is 4.15. The van der Waals surface area contributed by atoms with Crippen LogP contribution in [0.3, 0.4) is 0 Å². The van der Waals surface area contributed by atoms with Gasteiger partial charge in [0.15, 0.2) is 0 Å². The lowest BCUT2D eigenvalue weighted by Crippen LogP contribution is -2.48. The molecule has 1 unspecified atom stereocenters. The molecule has 0 radical (unpaired) electrons. The van der Waals surface area contributed by atoms with Crippen LogP contribution >= 0.6 is 0 Å². The molecule has 0 aliphatic heterocycles. The monoisotopic (exact) mass is 174 g/mol. The zero-order valence-corrected chi connectivity index (χ0v) is 7.87. The minimum atomic E-state index is -0.394. The van der Waals surface area contributed by atoms with E-state index in [-0.39, 0.29) is 24.6 Å². The Morgan fingerprint density at radius 2 is 2.00 bits per heavy atom. The number of primary amides is 1. The van der Waals surface area contributed by atoms with E-state index in [1.165, 1.54) is 0 Å². The number of carbonyl (C=O) groups excluding carboxylic acids is 1. The zero-order chi connectivity index (χ0) is 9.72. The number of hydrogen-bond donors (Lipinski definition) is 3. The molecule has 4 N–H and O–H groups in total. The third kappa shape index (κ3) is 3.69. The van der Waals surface area contributed by atoms with Crippen molar-refractivity contribution in [3.63, 3.8) is 0 Å². The average Bonchev–Trinajstić information content (AvgIpc) is 1.98. The van der Waals surface area contributed by atoms with Crippen LogP contribution in [0.4, 0.5) is 0 Å². The number of carbonyl (C=O) groups is 1. The second kappa shape index (κ2) is 5.11. The quantitative estimate of drug-likeness (QED) is 0.524. The second-order valence-corrected chi connectivity index (χ2v) is 3.32. The van der Waals surface area contributed by atoms with Crippen molar-refractivity contribution in [1.29, 1.82) is 0 Å². The predicted octanol–water partition coefficient (Wildman–Crippen LogP) is -0.533. The van der Waals surface area contributed by atoms with E-state index in [0.717, 1.165) is 0 Å². The molecular formula is C8H18N2O2. The van der Waals surface area contributed by atoms with Crippen molar-refractivity contribution >= 4 is 5.91 Å². The Morgan fingerprint density at radius 3 is 2.25 bits per heavy atom. The van der Waals surface area contributed by atoms with Crippen molar-refractivity contribution in [2.75, 3.05) is 6.61 Å². The van der Waals surface area contributed by atoms with Gasteiger partial charge >= 0.3 is 0 Å². The number of hydrogen-bond acceptors (Lipinski definition) is 3. The highest BCUT2D eigenvalue weighted by molar-refractivity contribution is 5.79. The Kier molecular flexibility index (Phi) is 4.85. The zero-order valence-electron chi connectivity index (χ0n) is 7.87. The van der Waals surface area contributed by atoms with Crippen molar-refractivity contribution in [2.24, 2.45) is 11.7 Å². The van der Waals surface area contributed by atoms with E-state index in [4.69, 9.17) is 10.8 Å². The minimum Gasteiger partial charge on any atom is -0.395 e. The largest absolute Gasteiger partial charge is 0.395 e. The SMILES string of the molecule is CC(N[C@H](CO)C(C)C)C(N)=O. The minimum absolute atomic E-state index is 0.0231. The summed E-state index contributed by atoms with van der Waals surface area (Å²) in [5.41, 5.74) is 5.06. The van der Waals surface area contributed by atoms with E-state index < -0.39 is 5.91 Å². The lowest BCUT2D eigenvalue weighted by atomic mass is 10.0. The maximum Gasteiger partial charge on any atom is 0.234 e. The van der Waals surface area contributed by atoms with Gasteiger partial charge in [0.05, 0.1) is 12.6 Å². The number of aliphatic hydroxyl groups is 1. The van der Waals surface area contributed by atoms with Crippen LogP contribution in [0.15, 0.2) is 0 Å². The first-order valence-corrected chi connectivity index (χ1v) is 4.15. The molecule has 0 aromatic heterocycles. The molecule has 0 saturated heterocycles. The predicted molar refractivity (Wildman–Crippen MR) is 47.5 cm³/mol. The van der Waals surface area contributed by atoms with E-state index in [2.05, 4.69) is 5.32 Å². The number of nitrogens with two attached hydrogens (primary N) is 1. The molecule has 1 amide bonds. The van der Waals surface area contributed by atoms with Gasteiger partial charge in [0.25, 0.3) is 0 Å². The van der Waals surface area contributed by atoms with Crippen LogP contribution < -0.4 is 11.1 Å². The van der Waals surface area contributed by atoms with Crippen LogP contribution in [-0.4, -0.2) is 29.7 Å². The Balaban J connectivity index is 3.93. The van der Waals surface area contributed by atoms with Gasteiger partial charge in [0, 0.05) is 6.04 Å². The van der Waals surface area contributed by atoms with Crippen molar-refractivity contribution in [2.45, 2.75) is 32.9 Å². The van der Waals surface area contributed by atoms with Crippen LogP contribution in [0, 0.1) is 5.92 Å². The third-order valence-electron chi connectivity index (χ3n) is 1.89. The van der Waals surface area contributed by atoms with Crippen molar-refractivity contribution in [3.05, 3.63) is 0 Å². The molecule has 0 aromatic carbocycles. The molecular weight excluding hydrogens is 156 g/mol. The first-order chi connectivity index (χ1) is 5.49. The number of nitrogens with one attached hydrogen (secondary N) is 1. The maximum absolute atomic E-state index is 10.7. The van der Waals surface area contributed by atoms with Gasteiger partial charge in [0.1, 0.15) is 0 Å². The van der Waals surface area contributed by atoms with Gasteiger partial charge in [-0.1, -0.05) is 13.8 Å². The smallest absolute Gasteiger partial charge is 0.234 e. The van der Waals surface area contributed by atoms with Crippen molar-refractivity contribution in [1.82, 2.24) is 5.32 Å². The lowest BCUT2D eigenvalue weighted by Gasteiger charge is -2.22. The molecule has 12 heavy (non-hydrogen) atoms. The number of rotatable bonds is 5. The standard InChI is InChI=1S/C8H18N2O2/c1-5(2)7(4-11)10-6(3)8(9)12/h5-7,10-11H,4H2,1-3H3,(H2,9,12)/t6?,7-/m1/s1. The van der Waals surface area contributed by atoms with Crippen LogP contribution in [0.2, 0.25) is 0 Å². The van der Waals surface area contributed by atoms with E-state index in [0.29, 0.717) is 0 Å². The Morgan fingerprint density at radius 1 is 1.50 bits per heavy atom. The summed E-state index contributed by atoms with van der Waals surface area (Å²) in [6.45, 7) is 5.66. The molecule has 0 aliphatic rings.